The lowest BCUT2D eigenvalue weighted by Gasteiger charge is -2.19. The number of hydrogen-bond donors (Lipinski definition) is 4. The molecule has 1 aliphatic carbocycles. The normalized spacial score (nSPS) is 13.2. The Balaban J connectivity index is 1.08. The van der Waals surface area contributed by atoms with Gasteiger partial charge in [-0.05, 0) is 60.9 Å². The zero-order chi connectivity index (χ0) is 41.5. The number of aliphatic imine (C=N–C) groups is 1. The molecule has 0 aliphatic heterocycles. The van der Waals surface area contributed by atoms with Gasteiger partial charge in [-0.2, -0.15) is 28.1 Å². The van der Waals surface area contributed by atoms with E-state index in [0.717, 1.165) is 12.7 Å². The number of nitrogens with zero attached hydrogens (tertiary/aromatic N) is 8. The molecule has 0 radical (unpaired) electrons. The predicted molar refractivity (Wildman–Crippen MR) is 201 cm³/mol. The predicted octanol–water partition coefficient (Wildman–Crippen LogP) is 4.40. The van der Waals surface area contributed by atoms with Crippen LogP contribution in [0, 0.1) is 0 Å². The zero-order valence-corrected chi connectivity index (χ0v) is 31.3. The van der Waals surface area contributed by atoms with E-state index in [-0.39, 0.29) is 41.8 Å². The standard InChI is InChI=1S/C36H32ClF3N12O6/c1-52-19-43-51-27(52)21-15-25(17-41-16-21)44-30(55)29(54)42-14-11-26(31(56)57-2)46-28(53)20-3-9-24(10-4-20)45-32-47-33(49-34(48-32)58-18-36(38,39)40)50-35(12-13-35)22-5-7-23(37)8-6-22/h3-10,15-17,19H,11-14,18H2,1-2H3,(H,42,54)(H,44,55)(H2,45,47,48,49,50)/b46-26-. The van der Waals surface area contributed by atoms with Gasteiger partial charge in [-0.25, -0.2) is 9.79 Å². The topological polar surface area (TPSA) is 229 Å². The number of hydrogen-bond acceptors (Lipinski definition) is 14. The van der Waals surface area contributed by atoms with Crippen LogP contribution in [0.25, 0.3) is 11.4 Å². The van der Waals surface area contributed by atoms with Gasteiger partial charge in [0, 0.05) is 48.0 Å². The van der Waals surface area contributed by atoms with Gasteiger partial charge in [0.15, 0.2) is 12.4 Å². The number of halogens is 4. The molecule has 3 aromatic heterocycles. The van der Waals surface area contributed by atoms with Crippen molar-refractivity contribution >= 4 is 64.3 Å². The first-order chi connectivity index (χ1) is 27.7. The number of benzene rings is 2. The van der Waals surface area contributed by atoms with Crippen LogP contribution in [-0.2, 0) is 31.7 Å². The van der Waals surface area contributed by atoms with Gasteiger partial charge in [0.05, 0.1) is 24.5 Å². The molecule has 1 saturated carbocycles. The van der Waals surface area contributed by atoms with Crippen LogP contribution in [0.2, 0.25) is 5.02 Å². The number of aryl methyl sites for hydroxylation is 1. The summed E-state index contributed by atoms with van der Waals surface area (Å²) in [7, 11) is 2.81. The van der Waals surface area contributed by atoms with Gasteiger partial charge in [-0.15, -0.1) is 10.2 Å². The van der Waals surface area contributed by atoms with Crippen molar-refractivity contribution in [1.29, 1.82) is 0 Å². The number of anilines is 4. The van der Waals surface area contributed by atoms with E-state index in [0.29, 0.717) is 34.9 Å². The van der Waals surface area contributed by atoms with E-state index in [1.165, 1.54) is 43.0 Å². The van der Waals surface area contributed by atoms with E-state index in [4.69, 9.17) is 21.1 Å². The van der Waals surface area contributed by atoms with Gasteiger partial charge in [-0.1, -0.05) is 23.7 Å². The highest BCUT2D eigenvalue weighted by molar-refractivity contribution is 6.40. The minimum atomic E-state index is -4.65. The van der Waals surface area contributed by atoms with Crippen molar-refractivity contribution in [2.75, 3.05) is 36.2 Å². The SMILES string of the molecule is COC(=O)/C(CCNC(=O)C(=O)Nc1cncc(-c2nncn2C)c1)=N\C(=O)c1ccc(Nc2nc(NC3(c4ccc(Cl)cc4)CC3)nc(OCC(F)(F)F)n2)cc1. The molecular formula is C36H32ClF3N12O6. The van der Waals surface area contributed by atoms with Crippen molar-refractivity contribution in [3.63, 3.8) is 0 Å². The first kappa shape index (κ1) is 40.6. The molecule has 18 nitrogen and oxygen atoms in total. The maximum absolute atomic E-state index is 13.1. The number of amides is 3. The average molecular weight is 821 g/mol. The Bertz CT molecular complexity index is 2350. The zero-order valence-electron chi connectivity index (χ0n) is 30.5. The minimum Gasteiger partial charge on any atom is -0.465 e. The van der Waals surface area contributed by atoms with E-state index in [9.17, 15) is 32.3 Å². The molecule has 22 heteroatoms. The molecule has 6 rings (SSSR count). The van der Waals surface area contributed by atoms with Gasteiger partial charge >= 0.3 is 30.0 Å². The minimum absolute atomic E-state index is 0.0402. The van der Waals surface area contributed by atoms with E-state index in [1.807, 2.05) is 12.1 Å². The largest absolute Gasteiger partial charge is 0.465 e. The van der Waals surface area contributed by atoms with Crippen LogP contribution in [-0.4, -0.2) is 90.5 Å². The van der Waals surface area contributed by atoms with E-state index in [2.05, 4.69) is 56.4 Å². The van der Waals surface area contributed by atoms with E-state index in [1.54, 1.807) is 29.8 Å². The maximum Gasteiger partial charge on any atom is 0.422 e. The second-order valence-electron chi connectivity index (χ2n) is 12.6. The number of alkyl halides is 3. The Kier molecular flexibility index (Phi) is 12.2. The number of carbonyl (C=O) groups is 4. The molecule has 1 fully saturated rings. The van der Waals surface area contributed by atoms with E-state index < -0.39 is 48.0 Å². The maximum atomic E-state index is 13.1. The molecule has 0 unspecified atom stereocenters. The molecule has 1 aliphatic rings. The molecule has 3 amide bonds. The van der Waals surface area contributed by atoms with Crippen LogP contribution in [0.4, 0.5) is 36.4 Å². The van der Waals surface area contributed by atoms with E-state index >= 15 is 0 Å². The Morgan fingerprint density at radius 2 is 1.67 bits per heavy atom. The third-order valence-electron chi connectivity index (χ3n) is 8.34. The summed E-state index contributed by atoms with van der Waals surface area (Å²) in [6, 6.07) is 13.7. The van der Waals surface area contributed by atoms with Gasteiger partial charge in [0.1, 0.15) is 12.0 Å². The molecule has 0 spiro atoms. The molecule has 2 aromatic carbocycles. The number of aromatic nitrogens is 7. The number of esters is 1. The van der Waals surface area contributed by atoms with Crippen molar-refractivity contribution in [1.82, 2.24) is 40.0 Å². The fraction of sp³-hybridized carbons (Fsp3) is 0.250. The quantitative estimate of drug-likeness (QED) is 0.0692. The van der Waals surface area contributed by atoms with Crippen molar-refractivity contribution in [3.05, 3.63) is 89.5 Å². The lowest BCUT2D eigenvalue weighted by Crippen LogP contribution is -2.37. The molecule has 300 valence electrons. The number of nitrogens with one attached hydrogen (secondary N) is 4. The van der Waals surface area contributed by atoms with Crippen LogP contribution < -0.4 is 26.0 Å². The summed E-state index contributed by atoms with van der Waals surface area (Å²) >= 11 is 6.03. The monoisotopic (exact) mass is 820 g/mol. The highest BCUT2D eigenvalue weighted by Crippen LogP contribution is 2.48. The summed E-state index contributed by atoms with van der Waals surface area (Å²) in [6.45, 7) is -1.89. The molecule has 0 atom stereocenters. The summed E-state index contributed by atoms with van der Waals surface area (Å²) < 4.78 is 50.1. The number of ether oxygens (including phenoxy) is 2. The Morgan fingerprint density at radius 1 is 0.948 bits per heavy atom. The molecule has 0 saturated heterocycles. The molecule has 5 aromatic rings. The van der Waals surface area contributed by atoms with Crippen LogP contribution >= 0.6 is 11.6 Å². The van der Waals surface area contributed by atoms with Gasteiger partial charge < -0.3 is 35.3 Å². The average Bonchev–Trinajstić information content (AvgIpc) is 3.85. The van der Waals surface area contributed by atoms with Gasteiger partial charge in [0.25, 0.3) is 5.91 Å². The molecule has 58 heavy (non-hydrogen) atoms. The van der Waals surface area contributed by atoms with Crippen LogP contribution in [0.15, 0.2) is 78.3 Å². The van der Waals surface area contributed by atoms with Crippen LogP contribution in [0.1, 0.15) is 35.2 Å². The van der Waals surface area contributed by atoms with Gasteiger partial charge in [0.2, 0.25) is 11.9 Å². The second kappa shape index (κ2) is 17.4. The lowest BCUT2D eigenvalue weighted by molar-refractivity contribution is -0.154. The summed E-state index contributed by atoms with van der Waals surface area (Å²) in [5.41, 5.74) is 1.10. The van der Waals surface area contributed by atoms with Crippen molar-refractivity contribution in [2.45, 2.75) is 31.0 Å². The summed E-state index contributed by atoms with van der Waals surface area (Å²) in [5, 5.41) is 19.1. The fourth-order valence-electron chi connectivity index (χ4n) is 5.34. The molecule has 4 N–H and O–H groups in total. The first-order valence-electron chi connectivity index (χ1n) is 17.2. The Labute approximate surface area is 331 Å². The van der Waals surface area contributed by atoms with Crippen molar-refractivity contribution in [2.24, 2.45) is 12.0 Å². The highest BCUT2D eigenvalue weighted by atomic mass is 35.5. The van der Waals surface area contributed by atoms with Crippen LogP contribution in [0.3, 0.4) is 0 Å². The Hall–Kier alpha value is -7.03. The number of rotatable bonds is 14. The van der Waals surface area contributed by atoms with Crippen molar-refractivity contribution in [3.8, 4) is 17.4 Å². The number of pyridine rings is 1. The third-order valence-corrected chi connectivity index (χ3v) is 8.59. The summed E-state index contributed by atoms with van der Waals surface area (Å²) in [4.78, 5) is 70.8. The van der Waals surface area contributed by atoms with Crippen molar-refractivity contribution < 1.29 is 41.8 Å². The Morgan fingerprint density at radius 3 is 2.33 bits per heavy atom. The molecular weight excluding hydrogens is 789 g/mol. The van der Waals surface area contributed by atoms with Gasteiger partial charge in [-0.3, -0.25) is 19.4 Å². The number of methoxy groups -OCH3 is 1. The lowest BCUT2D eigenvalue weighted by atomic mass is 10.1. The van der Waals surface area contributed by atoms with Crippen LogP contribution in [0.5, 0.6) is 6.01 Å². The summed E-state index contributed by atoms with van der Waals surface area (Å²) in [5.74, 6) is -3.54. The third kappa shape index (κ3) is 10.6. The fourth-order valence-corrected chi connectivity index (χ4v) is 5.47. The smallest absolute Gasteiger partial charge is 0.422 e. The number of carbonyl (C=O) groups excluding carboxylic acids is 4. The first-order valence-corrected chi connectivity index (χ1v) is 17.5. The molecule has 0 bridgehead atoms. The summed E-state index contributed by atoms with van der Waals surface area (Å²) in [6.07, 6.45) is 0.817. The molecule has 3 heterocycles. The second-order valence-corrected chi connectivity index (χ2v) is 13.1. The highest BCUT2D eigenvalue weighted by Gasteiger charge is 2.45.